The maximum Gasteiger partial charge on any atom is 0.338 e. The van der Waals surface area contributed by atoms with Gasteiger partial charge in [-0.2, -0.15) is 0 Å². The van der Waals surface area contributed by atoms with Gasteiger partial charge in [-0.05, 0) is 65.6 Å². The van der Waals surface area contributed by atoms with Crippen molar-refractivity contribution in [2.45, 2.75) is 64.1 Å². The van der Waals surface area contributed by atoms with Gasteiger partial charge < -0.3 is 14.9 Å². The van der Waals surface area contributed by atoms with Crippen molar-refractivity contribution in [1.82, 2.24) is 4.98 Å². The van der Waals surface area contributed by atoms with Gasteiger partial charge in [0.1, 0.15) is 11.9 Å². The molecule has 2 atom stereocenters. The van der Waals surface area contributed by atoms with Gasteiger partial charge in [-0.3, -0.25) is 9.78 Å². The van der Waals surface area contributed by atoms with Gasteiger partial charge in [-0.25, -0.2) is 9.18 Å². The normalized spacial score (nSPS) is 19.1. The van der Waals surface area contributed by atoms with E-state index in [9.17, 15) is 24.2 Å². The number of halogens is 1. The van der Waals surface area contributed by atoms with Gasteiger partial charge in [0, 0.05) is 17.5 Å². The predicted molar refractivity (Wildman–Crippen MR) is 142 cm³/mol. The van der Waals surface area contributed by atoms with Crippen molar-refractivity contribution in [3.05, 3.63) is 82.3 Å². The van der Waals surface area contributed by atoms with E-state index in [0.29, 0.717) is 18.4 Å². The highest BCUT2D eigenvalue weighted by Gasteiger charge is 2.28. The number of aromatic nitrogens is 1. The Hall–Kier alpha value is -3.84. The number of cyclic esters (lactones) is 1. The van der Waals surface area contributed by atoms with Gasteiger partial charge in [0.15, 0.2) is 0 Å². The number of benzene rings is 2. The van der Waals surface area contributed by atoms with E-state index in [1.165, 1.54) is 17.7 Å². The first kappa shape index (κ1) is 25.8. The van der Waals surface area contributed by atoms with Crippen LogP contribution in [0.15, 0.2) is 48.5 Å². The number of ether oxygens (including phenoxy) is 1. The lowest BCUT2D eigenvalue weighted by atomic mass is 9.86. The number of nitrogens with zero attached hydrogens (tertiary/aromatic N) is 1. The van der Waals surface area contributed by atoms with Crippen LogP contribution in [0.3, 0.4) is 0 Å². The molecule has 38 heavy (non-hydrogen) atoms. The number of aromatic carboxylic acids is 1. The molecule has 1 fully saturated rings. The van der Waals surface area contributed by atoms with Crippen molar-refractivity contribution in [3.63, 3.8) is 0 Å². The number of rotatable bonds is 5. The highest BCUT2D eigenvalue weighted by Crippen LogP contribution is 2.42. The van der Waals surface area contributed by atoms with E-state index < -0.39 is 35.5 Å². The quantitative estimate of drug-likeness (QED) is 0.408. The molecule has 3 aromatic rings. The maximum absolute atomic E-state index is 14.4. The summed E-state index contributed by atoms with van der Waals surface area (Å²) < 4.78 is 19.9. The van der Waals surface area contributed by atoms with Crippen molar-refractivity contribution in [2.75, 3.05) is 0 Å². The molecule has 0 radical (unpaired) electrons. The Balaban J connectivity index is 1.79. The standard InChI is InChI=1S/C31H30FNO5/c1-17(2)29-24(12-11-21-15-20(34)16-27(35)38-21)28(19-10-13-26(32)25(14-19)31(36)37)23-9-5-7-18-6-3-4-8-22(18)30(23)33-29/h3-4,6,8,10-14,17,20-21,34H,5,7,9,15-16H2,1-2H3,(H,36,37)/b12-11+/t20-,21-/m1/s1. The lowest BCUT2D eigenvalue weighted by molar-refractivity contribution is -0.156. The third-order valence-electron chi connectivity index (χ3n) is 7.21. The lowest BCUT2D eigenvalue weighted by Gasteiger charge is -2.25. The number of hydrogen-bond donors (Lipinski definition) is 2. The molecule has 2 aliphatic rings. The van der Waals surface area contributed by atoms with Gasteiger partial charge in [-0.1, -0.05) is 50.3 Å². The summed E-state index contributed by atoms with van der Waals surface area (Å²) in [5.74, 6) is -2.58. The van der Waals surface area contributed by atoms with Crippen LogP contribution in [0.4, 0.5) is 4.39 Å². The minimum Gasteiger partial charge on any atom is -0.478 e. The highest BCUT2D eigenvalue weighted by atomic mass is 19.1. The number of aliphatic hydroxyl groups excluding tert-OH is 1. The highest BCUT2D eigenvalue weighted by molar-refractivity contribution is 5.92. The number of esters is 1. The topological polar surface area (TPSA) is 96.7 Å². The molecule has 1 aliphatic heterocycles. The number of fused-ring (bicyclic) bond motifs is 3. The molecule has 2 heterocycles. The van der Waals surface area contributed by atoms with E-state index in [1.54, 1.807) is 12.1 Å². The summed E-state index contributed by atoms with van der Waals surface area (Å²) in [4.78, 5) is 28.9. The van der Waals surface area contributed by atoms with E-state index in [-0.39, 0.29) is 12.3 Å². The molecule has 1 aliphatic carbocycles. The number of carbonyl (C=O) groups is 2. The maximum atomic E-state index is 14.4. The minimum absolute atomic E-state index is 0.00741. The Kier molecular flexibility index (Phi) is 7.13. The number of aliphatic hydroxyl groups is 1. The van der Waals surface area contributed by atoms with Crippen molar-refractivity contribution >= 4 is 18.0 Å². The van der Waals surface area contributed by atoms with Gasteiger partial charge in [0.2, 0.25) is 0 Å². The van der Waals surface area contributed by atoms with Crippen LogP contribution in [-0.2, 0) is 22.4 Å². The Morgan fingerprint density at radius 1 is 1.18 bits per heavy atom. The molecule has 0 unspecified atom stereocenters. The second-order valence-electron chi connectivity index (χ2n) is 10.3. The monoisotopic (exact) mass is 515 g/mol. The molecule has 0 bridgehead atoms. The first-order valence-corrected chi connectivity index (χ1v) is 13.0. The fourth-order valence-corrected chi connectivity index (χ4v) is 5.46. The third-order valence-corrected chi connectivity index (χ3v) is 7.21. The third kappa shape index (κ3) is 4.98. The fraction of sp³-hybridized carbons (Fsp3) is 0.323. The molecule has 0 saturated carbocycles. The summed E-state index contributed by atoms with van der Waals surface area (Å²) in [6.07, 6.45) is 4.98. The van der Waals surface area contributed by atoms with Crippen molar-refractivity contribution in [3.8, 4) is 22.4 Å². The van der Waals surface area contributed by atoms with Gasteiger partial charge in [0.05, 0.1) is 29.5 Å². The van der Waals surface area contributed by atoms with Crippen LogP contribution in [-0.4, -0.2) is 39.3 Å². The molecule has 196 valence electrons. The number of carbonyl (C=O) groups excluding carboxylic acids is 1. The van der Waals surface area contributed by atoms with Crippen LogP contribution in [0.1, 0.15) is 71.8 Å². The van der Waals surface area contributed by atoms with Crippen molar-refractivity contribution in [1.29, 1.82) is 0 Å². The van der Waals surface area contributed by atoms with Crippen LogP contribution in [0.2, 0.25) is 0 Å². The number of carboxylic acid groups (broad SMARTS) is 1. The molecular formula is C31H30FNO5. The number of hydrogen-bond acceptors (Lipinski definition) is 5. The molecular weight excluding hydrogens is 485 g/mol. The molecule has 1 saturated heterocycles. The first-order valence-electron chi connectivity index (χ1n) is 13.0. The van der Waals surface area contributed by atoms with E-state index in [0.717, 1.165) is 46.5 Å². The average Bonchev–Trinajstić information content (AvgIpc) is 3.05. The van der Waals surface area contributed by atoms with E-state index in [4.69, 9.17) is 9.72 Å². The smallest absolute Gasteiger partial charge is 0.338 e. The zero-order valence-electron chi connectivity index (χ0n) is 21.4. The molecule has 2 aromatic carbocycles. The van der Waals surface area contributed by atoms with Crippen molar-refractivity contribution < 1.29 is 28.9 Å². The van der Waals surface area contributed by atoms with E-state index in [2.05, 4.69) is 12.1 Å². The van der Waals surface area contributed by atoms with E-state index in [1.807, 2.05) is 32.1 Å². The predicted octanol–water partition coefficient (Wildman–Crippen LogP) is 5.94. The average molecular weight is 516 g/mol. The first-order chi connectivity index (χ1) is 18.2. The van der Waals surface area contributed by atoms with Crippen LogP contribution in [0, 0.1) is 5.82 Å². The van der Waals surface area contributed by atoms with Crippen LogP contribution in [0.25, 0.3) is 28.5 Å². The Morgan fingerprint density at radius 2 is 1.97 bits per heavy atom. The van der Waals surface area contributed by atoms with Gasteiger partial charge in [0.25, 0.3) is 0 Å². The van der Waals surface area contributed by atoms with Crippen LogP contribution in [0.5, 0.6) is 0 Å². The van der Waals surface area contributed by atoms with Gasteiger partial charge in [-0.15, -0.1) is 0 Å². The SMILES string of the molecule is CC(C)c1nc2c(c(-c3ccc(F)c(C(=O)O)c3)c1/C=C/[C@@H]1C[C@@H](O)CC(=O)O1)CCCc1ccccc1-2. The van der Waals surface area contributed by atoms with Gasteiger partial charge >= 0.3 is 11.9 Å². The Bertz CT molecular complexity index is 1440. The summed E-state index contributed by atoms with van der Waals surface area (Å²) in [6, 6.07) is 12.4. The largest absolute Gasteiger partial charge is 0.478 e. The molecule has 0 spiro atoms. The zero-order valence-corrected chi connectivity index (χ0v) is 21.4. The molecule has 5 rings (SSSR count). The summed E-state index contributed by atoms with van der Waals surface area (Å²) in [5.41, 5.74) is 6.65. The lowest BCUT2D eigenvalue weighted by Crippen LogP contribution is -2.31. The molecule has 2 N–H and O–H groups in total. The zero-order chi connectivity index (χ0) is 27.0. The van der Waals surface area contributed by atoms with E-state index >= 15 is 0 Å². The summed E-state index contributed by atoms with van der Waals surface area (Å²) in [6.45, 7) is 4.08. The fourth-order valence-electron chi connectivity index (χ4n) is 5.46. The summed E-state index contributed by atoms with van der Waals surface area (Å²) >= 11 is 0. The molecule has 1 aromatic heterocycles. The van der Waals surface area contributed by atoms with Crippen molar-refractivity contribution in [2.24, 2.45) is 0 Å². The van der Waals surface area contributed by atoms with Crippen LogP contribution >= 0.6 is 0 Å². The summed E-state index contributed by atoms with van der Waals surface area (Å²) in [7, 11) is 0. The number of aryl methyl sites for hydroxylation is 1. The van der Waals surface area contributed by atoms with Crippen LogP contribution < -0.4 is 0 Å². The summed E-state index contributed by atoms with van der Waals surface area (Å²) in [5, 5.41) is 19.7. The molecule has 7 heteroatoms. The second kappa shape index (κ2) is 10.5. The number of pyridine rings is 1. The Labute approximate surface area is 220 Å². The Morgan fingerprint density at radius 3 is 2.71 bits per heavy atom. The second-order valence-corrected chi connectivity index (χ2v) is 10.3. The molecule has 6 nitrogen and oxygen atoms in total. The number of carboxylic acids is 1. The minimum atomic E-state index is -1.33. The molecule has 0 amide bonds.